The maximum Gasteiger partial charge on any atom is 0.263 e. The van der Waals surface area contributed by atoms with E-state index >= 15 is 0 Å². The van der Waals surface area contributed by atoms with Crippen LogP contribution in [0.25, 0.3) is 0 Å². The summed E-state index contributed by atoms with van der Waals surface area (Å²) in [5.41, 5.74) is 0.936. The Bertz CT molecular complexity index is 490. The molecule has 0 fully saturated rings. The molecule has 0 bridgehead atoms. The van der Waals surface area contributed by atoms with Gasteiger partial charge in [0, 0.05) is 18.1 Å². The highest BCUT2D eigenvalue weighted by atomic mass is 35.5. The largest absolute Gasteiger partial charge is 0.481 e. The Morgan fingerprint density at radius 3 is 2.14 bits per heavy atom. The Labute approximate surface area is 139 Å². The molecule has 0 heterocycles. The van der Waals surface area contributed by atoms with Gasteiger partial charge in [-0.25, -0.2) is 0 Å². The lowest BCUT2D eigenvalue weighted by Gasteiger charge is -2.29. The van der Waals surface area contributed by atoms with Crippen LogP contribution in [0.1, 0.15) is 40.2 Å². The first-order valence-corrected chi connectivity index (χ1v) is 8.30. The Hall–Kier alpha value is -1.22. The zero-order valence-electron chi connectivity index (χ0n) is 14.5. The minimum absolute atomic E-state index is 0.0387. The molecule has 124 valence electrons. The van der Waals surface area contributed by atoms with Crippen molar-refractivity contribution in [2.75, 3.05) is 13.1 Å². The van der Waals surface area contributed by atoms with Crippen molar-refractivity contribution in [1.82, 2.24) is 4.90 Å². The van der Waals surface area contributed by atoms with Gasteiger partial charge in [-0.15, -0.1) is 0 Å². The summed E-state index contributed by atoms with van der Waals surface area (Å²) in [5, 5.41) is 0.671. The Morgan fingerprint density at radius 2 is 1.68 bits per heavy atom. The van der Waals surface area contributed by atoms with Crippen LogP contribution in [0.3, 0.4) is 0 Å². The van der Waals surface area contributed by atoms with Crippen molar-refractivity contribution in [3.05, 3.63) is 28.8 Å². The fourth-order valence-electron chi connectivity index (χ4n) is 2.38. The van der Waals surface area contributed by atoms with Gasteiger partial charge in [-0.2, -0.15) is 0 Å². The molecule has 1 amide bonds. The Balaban J connectivity index is 2.79. The van der Waals surface area contributed by atoms with E-state index in [-0.39, 0.29) is 5.91 Å². The fourth-order valence-corrected chi connectivity index (χ4v) is 2.61. The summed E-state index contributed by atoms with van der Waals surface area (Å²) in [6.07, 6.45) is -0.502. The van der Waals surface area contributed by atoms with Crippen molar-refractivity contribution < 1.29 is 9.53 Å². The monoisotopic (exact) mass is 325 g/mol. The summed E-state index contributed by atoms with van der Waals surface area (Å²) >= 11 is 5.95. The van der Waals surface area contributed by atoms with Crippen LogP contribution in [0.5, 0.6) is 5.75 Å². The second kappa shape index (κ2) is 8.42. The topological polar surface area (TPSA) is 29.5 Å². The summed E-state index contributed by atoms with van der Waals surface area (Å²) in [7, 11) is 0. The molecule has 1 rings (SSSR count). The molecular weight excluding hydrogens is 298 g/mol. The van der Waals surface area contributed by atoms with Crippen molar-refractivity contribution in [1.29, 1.82) is 0 Å². The summed E-state index contributed by atoms with van der Waals surface area (Å²) in [5.74, 6) is 1.62. The van der Waals surface area contributed by atoms with Crippen molar-refractivity contribution in [3.63, 3.8) is 0 Å². The molecule has 0 radical (unpaired) electrons. The smallest absolute Gasteiger partial charge is 0.263 e. The van der Waals surface area contributed by atoms with E-state index in [1.807, 2.05) is 30.9 Å². The molecule has 4 heteroatoms. The maximum absolute atomic E-state index is 12.7. The molecule has 1 unspecified atom stereocenters. The molecule has 22 heavy (non-hydrogen) atoms. The molecule has 1 aromatic rings. The number of rotatable bonds is 7. The van der Waals surface area contributed by atoms with Crippen LogP contribution in [0, 0.1) is 18.8 Å². The second-order valence-corrected chi connectivity index (χ2v) is 7.14. The van der Waals surface area contributed by atoms with Crippen molar-refractivity contribution in [2.24, 2.45) is 11.8 Å². The van der Waals surface area contributed by atoms with Crippen LogP contribution in [-0.2, 0) is 4.79 Å². The van der Waals surface area contributed by atoms with Crippen molar-refractivity contribution in [3.8, 4) is 5.75 Å². The number of carbonyl (C=O) groups excluding carboxylic acids is 1. The maximum atomic E-state index is 12.7. The standard InChI is InChI=1S/C18H28ClNO2/c1-12(2)10-20(11-13(3)4)18(21)15(6)22-17-8-7-16(19)9-14(17)5/h7-9,12-13,15H,10-11H2,1-6H3. The number of benzene rings is 1. The van der Waals surface area contributed by atoms with Crippen LogP contribution in [0.4, 0.5) is 0 Å². The molecule has 0 saturated carbocycles. The normalized spacial score (nSPS) is 12.6. The van der Waals surface area contributed by atoms with E-state index in [0.717, 1.165) is 18.7 Å². The van der Waals surface area contributed by atoms with Gasteiger partial charge in [0.15, 0.2) is 6.10 Å². The van der Waals surface area contributed by atoms with Crippen LogP contribution < -0.4 is 4.74 Å². The number of halogens is 1. The number of ether oxygens (including phenoxy) is 1. The zero-order valence-corrected chi connectivity index (χ0v) is 15.3. The van der Waals surface area contributed by atoms with Crippen LogP contribution >= 0.6 is 11.6 Å². The van der Waals surface area contributed by atoms with E-state index in [9.17, 15) is 4.79 Å². The predicted octanol–water partition coefficient (Wildman–Crippen LogP) is 4.56. The van der Waals surface area contributed by atoms with Gasteiger partial charge in [-0.3, -0.25) is 4.79 Å². The van der Waals surface area contributed by atoms with E-state index in [1.165, 1.54) is 0 Å². The SMILES string of the molecule is Cc1cc(Cl)ccc1OC(C)C(=O)N(CC(C)C)CC(C)C. The van der Waals surface area contributed by atoms with Crippen LogP contribution in [-0.4, -0.2) is 30.0 Å². The van der Waals surface area contributed by atoms with Gasteiger partial charge in [0.05, 0.1) is 0 Å². The van der Waals surface area contributed by atoms with E-state index in [2.05, 4.69) is 27.7 Å². The first kappa shape index (κ1) is 18.8. The number of aryl methyl sites for hydroxylation is 1. The third kappa shape index (κ3) is 5.88. The van der Waals surface area contributed by atoms with Gasteiger partial charge in [0.25, 0.3) is 5.91 Å². The number of amides is 1. The molecule has 1 atom stereocenters. The van der Waals surface area contributed by atoms with Crippen molar-refractivity contribution in [2.45, 2.75) is 47.6 Å². The van der Waals surface area contributed by atoms with Crippen LogP contribution in [0.2, 0.25) is 5.02 Å². The molecule has 0 aromatic heterocycles. The molecule has 0 aliphatic rings. The number of carbonyl (C=O) groups is 1. The Morgan fingerprint density at radius 1 is 1.14 bits per heavy atom. The first-order valence-electron chi connectivity index (χ1n) is 7.92. The van der Waals surface area contributed by atoms with E-state index in [0.29, 0.717) is 22.6 Å². The summed E-state index contributed by atoms with van der Waals surface area (Å²) < 4.78 is 5.86. The summed E-state index contributed by atoms with van der Waals surface area (Å²) in [6.45, 7) is 13.7. The van der Waals surface area contributed by atoms with E-state index in [4.69, 9.17) is 16.3 Å². The highest BCUT2D eigenvalue weighted by Crippen LogP contribution is 2.23. The minimum atomic E-state index is -0.502. The fraction of sp³-hybridized carbons (Fsp3) is 0.611. The average Bonchev–Trinajstić information content (AvgIpc) is 2.39. The third-order valence-electron chi connectivity index (χ3n) is 3.27. The minimum Gasteiger partial charge on any atom is -0.481 e. The number of hydrogen-bond donors (Lipinski definition) is 0. The third-order valence-corrected chi connectivity index (χ3v) is 3.51. The van der Waals surface area contributed by atoms with Gasteiger partial charge in [-0.1, -0.05) is 39.3 Å². The molecule has 0 aliphatic heterocycles. The van der Waals surface area contributed by atoms with Gasteiger partial charge in [0.2, 0.25) is 0 Å². The van der Waals surface area contributed by atoms with Crippen LogP contribution in [0.15, 0.2) is 18.2 Å². The molecule has 1 aromatic carbocycles. The first-order chi connectivity index (χ1) is 10.2. The number of hydrogen-bond acceptors (Lipinski definition) is 2. The summed E-state index contributed by atoms with van der Waals surface area (Å²) in [4.78, 5) is 14.6. The highest BCUT2D eigenvalue weighted by Gasteiger charge is 2.23. The zero-order chi connectivity index (χ0) is 16.9. The predicted molar refractivity (Wildman–Crippen MR) is 92.5 cm³/mol. The van der Waals surface area contributed by atoms with Gasteiger partial charge < -0.3 is 9.64 Å². The molecule has 0 aliphatic carbocycles. The molecular formula is C18H28ClNO2. The Kier molecular flexibility index (Phi) is 7.21. The van der Waals surface area contributed by atoms with Crippen molar-refractivity contribution >= 4 is 17.5 Å². The average molecular weight is 326 g/mol. The summed E-state index contributed by atoms with van der Waals surface area (Å²) in [6, 6.07) is 5.44. The van der Waals surface area contributed by atoms with E-state index < -0.39 is 6.10 Å². The molecule has 0 spiro atoms. The highest BCUT2D eigenvalue weighted by molar-refractivity contribution is 6.30. The van der Waals surface area contributed by atoms with Gasteiger partial charge in [0.1, 0.15) is 5.75 Å². The molecule has 0 saturated heterocycles. The lowest BCUT2D eigenvalue weighted by molar-refractivity contribution is -0.139. The lowest BCUT2D eigenvalue weighted by atomic mass is 10.1. The van der Waals surface area contributed by atoms with Gasteiger partial charge >= 0.3 is 0 Å². The lowest BCUT2D eigenvalue weighted by Crippen LogP contribution is -2.44. The second-order valence-electron chi connectivity index (χ2n) is 6.70. The molecule has 3 nitrogen and oxygen atoms in total. The molecule has 0 N–H and O–H groups in total. The number of nitrogens with zero attached hydrogens (tertiary/aromatic N) is 1. The van der Waals surface area contributed by atoms with Gasteiger partial charge in [-0.05, 0) is 49.4 Å². The van der Waals surface area contributed by atoms with E-state index in [1.54, 1.807) is 6.07 Å². The quantitative estimate of drug-likeness (QED) is 0.735.